The fourth-order valence-corrected chi connectivity index (χ4v) is 2.98. The minimum Gasteiger partial charge on any atom is -0.397 e. The zero-order valence-electron chi connectivity index (χ0n) is 11.8. The van der Waals surface area contributed by atoms with Gasteiger partial charge in [0.15, 0.2) is 0 Å². The fraction of sp³-hybridized carbons (Fsp3) is 0.600. The van der Waals surface area contributed by atoms with Crippen LogP contribution in [0.1, 0.15) is 33.6 Å². The standard InChI is InChI=1S/C15H22ClFN2/c1-15(2,3)10-4-6-19(7-5-10)14-9-12(17)11(16)8-13(14)18/h8-10H,4-7,18H2,1-3H3. The highest BCUT2D eigenvalue weighted by Crippen LogP contribution is 2.37. The largest absolute Gasteiger partial charge is 0.397 e. The normalized spacial score (nSPS) is 17.8. The first kappa shape index (κ1) is 14.4. The van der Waals surface area contributed by atoms with Gasteiger partial charge in [0, 0.05) is 19.2 Å². The Bertz CT molecular complexity index is 460. The molecule has 2 N–H and O–H groups in total. The van der Waals surface area contributed by atoms with Gasteiger partial charge in [0.2, 0.25) is 0 Å². The van der Waals surface area contributed by atoms with E-state index in [1.807, 2.05) is 0 Å². The molecule has 1 fully saturated rings. The molecule has 0 amide bonds. The van der Waals surface area contributed by atoms with E-state index in [9.17, 15) is 4.39 Å². The number of nitrogens with two attached hydrogens (primary N) is 1. The van der Waals surface area contributed by atoms with E-state index in [2.05, 4.69) is 25.7 Å². The van der Waals surface area contributed by atoms with E-state index in [0.717, 1.165) is 31.6 Å². The lowest BCUT2D eigenvalue weighted by atomic mass is 9.75. The van der Waals surface area contributed by atoms with Gasteiger partial charge in [-0.15, -0.1) is 0 Å². The molecule has 1 aliphatic heterocycles. The van der Waals surface area contributed by atoms with Crippen LogP contribution < -0.4 is 10.6 Å². The predicted molar refractivity (Wildman–Crippen MR) is 80.2 cm³/mol. The molecule has 1 aromatic rings. The topological polar surface area (TPSA) is 29.3 Å². The van der Waals surface area contributed by atoms with E-state index < -0.39 is 5.82 Å². The number of hydrogen-bond donors (Lipinski definition) is 1. The van der Waals surface area contributed by atoms with E-state index in [0.29, 0.717) is 17.0 Å². The van der Waals surface area contributed by atoms with Crippen molar-refractivity contribution in [3.63, 3.8) is 0 Å². The predicted octanol–water partition coefficient (Wildman–Crippen LogP) is 4.32. The Balaban J connectivity index is 2.12. The van der Waals surface area contributed by atoms with Crippen LogP contribution in [-0.2, 0) is 0 Å². The van der Waals surface area contributed by atoms with Crippen LogP contribution in [0.5, 0.6) is 0 Å². The molecule has 0 unspecified atom stereocenters. The molecule has 2 rings (SSSR count). The highest BCUT2D eigenvalue weighted by Gasteiger charge is 2.29. The number of nitrogens with zero attached hydrogens (tertiary/aromatic N) is 1. The van der Waals surface area contributed by atoms with Crippen LogP contribution in [0.4, 0.5) is 15.8 Å². The van der Waals surface area contributed by atoms with E-state index >= 15 is 0 Å². The van der Waals surface area contributed by atoms with Crippen molar-refractivity contribution in [1.82, 2.24) is 0 Å². The molecule has 0 bridgehead atoms. The maximum absolute atomic E-state index is 13.6. The number of piperidine rings is 1. The first-order valence-corrected chi connectivity index (χ1v) is 7.16. The smallest absolute Gasteiger partial charge is 0.144 e. The number of halogens is 2. The maximum atomic E-state index is 13.6. The van der Waals surface area contributed by atoms with Gasteiger partial charge in [-0.2, -0.15) is 0 Å². The first-order chi connectivity index (χ1) is 8.79. The second kappa shape index (κ2) is 5.20. The molecular formula is C15H22ClFN2. The summed E-state index contributed by atoms with van der Waals surface area (Å²) in [7, 11) is 0. The summed E-state index contributed by atoms with van der Waals surface area (Å²) >= 11 is 5.73. The van der Waals surface area contributed by atoms with Crippen molar-refractivity contribution in [1.29, 1.82) is 0 Å². The van der Waals surface area contributed by atoms with E-state index in [-0.39, 0.29) is 5.02 Å². The van der Waals surface area contributed by atoms with Gasteiger partial charge in [-0.25, -0.2) is 4.39 Å². The van der Waals surface area contributed by atoms with Crippen molar-refractivity contribution >= 4 is 23.0 Å². The van der Waals surface area contributed by atoms with Crippen LogP contribution in [0.15, 0.2) is 12.1 Å². The Morgan fingerprint density at radius 2 is 1.84 bits per heavy atom. The molecule has 106 valence electrons. The number of anilines is 2. The average molecular weight is 285 g/mol. The summed E-state index contributed by atoms with van der Waals surface area (Å²) in [5, 5.41) is 0.0887. The minimum absolute atomic E-state index is 0.0887. The fourth-order valence-electron chi connectivity index (χ4n) is 2.81. The van der Waals surface area contributed by atoms with Crippen molar-refractivity contribution < 1.29 is 4.39 Å². The highest BCUT2D eigenvalue weighted by molar-refractivity contribution is 6.31. The van der Waals surface area contributed by atoms with E-state index in [1.165, 1.54) is 12.1 Å². The van der Waals surface area contributed by atoms with Gasteiger partial charge in [-0.1, -0.05) is 32.4 Å². The molecule has 2 nitrogen and oxygen atoms in total. The lowest BCUT2D eigenvalue weighted by molar-refractivity contribution is 0.199. The van der Waals surface area contributed by atoms with Gasteiger partial charge in [-0.3, -0.25) is 0 Å². The van der Waals surface area contributed by atoms with Crippen molar-refractivity contribution in [3.8, 4) is 0 Å². The molecular weight excluding hydrogens is 263 g/mol. The number of benzene rings is 1. The highest BCUT2D eigenvalue weighted by atomic mass is 35.5. The molecule has 1 saturated heterocycles. The van der Waals surface area contributed by atoms with E-state index in [4.69, 9.17) is 17.3 Å². The van der Waals surface area contributed by atoms with Crippen LogP contribution in [0.25, 0.3) is 0 Å². The second-order valence-electron chi connectivity index (χ2n) is 6.45. The van der Waals surface area contributed by atoms with Gasteiger partial charge in [0.1, 0.15) is 5.82 Å². The summed E-state index contributed by atoms with van der Waals surface area (Å²) < 4.78 is 13.6. The summed E-state index contributed by atoms with van der Waals surface area (Å²) in [5.74, 6) is 0.311. The molecule has 0 spiro atoms. The van der Waals surface area contributed by atoms with Crippen LogP contribution in [0, 0.1) is 17.2 Å². The van der Waals surface area contributed by atoms with E-state index in [1.54, 1.807) is 0 Å². The third-order valence-electron chi connectivity index (χ3n) is 4.13. The van der Waals surface area contributed by atoms with Crippen molar-refractivity contribution in [2.45, 2.75) is 33.6 Å². The van der Waals surface area contributed by atoms with Crippen LogP contribution in [-0.4, -0.2) is 13.1 Å². The molecule has 0 radical (unpaired) electrons. The zero-order chi connectivity index (χ0) is 14.2. The van der Waals surface area contributed by atoms with Crippen molar-refractivity contribution in [2.75, 3.05) is 23.7 Å². The maximum Gasteiger partial charge on any atom is 0.144 e. The van der Waals surface area contributed by atoms with Gasteiger partial charge in [0.25, 0.3) is 0 Å². The molecule has 1 aliphatic rings. The molecule has 1 aromatic carbocycles. The van der Waals surface area contributed by atoms with Crippen molar-refractivity contribution in [3.05, 3.63) is 23.0 Å². The molecule has 0 aliphatic carbocycles. The Morgan fingerprint density at radius 1 is 1.26 bits per heavy atom. The van der Waals surface area contributed by atoms with Crippen LogP contribution >= 0.6 is 11.6 Å². The molecule has 0 atom stereocenters. The van der Waals surface area contributed by atoms with Crippen LogP contribution in [0.3, 0.4) is 0 Å². The van der Waals surface area contributed by atoms with Gasteiger partial charge in [0.05, 0.1) is 16.4 Å². The summed E-state index contributed by atoms with van der Waals surface area (Å²) in [5.41, 5.74) is 7.61. The van der Waals surface area contributed by atoms with Gasteiger partial charge >= 0.3 is 0 Å². The second-order valence-corrected chi connectivity index (χ2v) is 6.86. The number of hydrogen-bond acceptors (Lipinski definition) is 2. The molecule has 4 heteroatoms. The van der Waals surface area contributed by atoms with Gasteiger partial charge in [-0.05, 0) is 30.2 Å². The Morgan fingerprint density at radius 3 is 2.37 bits per heavy atom. The summed E-state index contributed by atoms with van der Waals surface area (Å²) in [6, 6.07) is 2.96. The lowest BCUT2D eigenvalue weighted by Crippen LogP contribution is -2.38. The minimum atomic E-state index is -0.399. The Hall–Kier alpha value is -0.960. The molecule has 19 heavy (non-hydrogen) atoms. The third kappa shape index (κ3) is 3.14. The number of nitrogen functional groups attached to an aromatic ring is 1. The summed E-state index contributed by atoms with van der Waals surface area (Å²) in [6.45, 7) is 8.69. The number of rotatable bonds is 1. The first-order valence-electron chi connectivity index (χ1n) is 6.78. The zero-order valence-corrected chi connectivity index (χ0v) is 12.6. The molecule has 0 aromatic heterocycles. The summed E-state index contributed by atoms with van der Waals surface area (Å²) in [6.07, 6.45) is 2.24. The van der Waals surface area contributed by atoms with Gasteiger partial charge < -0.3 is 10.6 Å². The summed E-state index contributed by atoms with van der Waals surface area (Å²) in [4.78, 5) is 2.16. The lowest BCUT2D eigenvalue weighted by Gasteiger charge is -2.40. The SMILES string of the molecule is CC(C)(C)C1CCN(c2cc(F)c(Cl)cc2N)CC1. The average Bonchev–Trinajstić information content (AvgIpc) is 2.33. The third-order valence-corrected chi connectivity index (χ3v) is 4.42. The molecule has 0 saturated carbocycles. The van der Waals surface area contributed by atoms with Crippen LogP contribution in [0.2, 0.25) is 5.02 Å². The monoisotopic (exact) mass is 284 g/mol. The quantitative estimate of drug-likeness (QED) is 0.778. The molecule has 1 heterocycles. The van der Waals surface area contributed by atoms with Crippen molar-refractivity contribution in [2.24, 2.45) is 11.3 Å². The Labute approximate surface area is 119 Å². The Kier molecular flexibility index (Phi) is 3.95.